The van der Waals surface area contributed by atoms with Crippen LogP contribution >= 0.6 is 0 Å². The highest BCUT2D eigenvalue weighted by atomic mass is 16.4. The molecule has 1 amide bonds. The van der Waals surface area contributed by atoms with Crippen LogP contribution in [0.1, 0.15) is 112 Å². The Hall–Kier alpha value is -2.60. The first-order valence-electron chi connectivity index (χ1n) is 14.6. The fourth-order valence-electron chi connectivity index (χ4n) is 6.36. The Balaban J connectivity index is 1.53. The van der Waals surface area contributed by atoms with Crippen LogP contribution in [0.5, 0.6) is 0 Å². The van der Waals surface area contributed by atoms with E-state index < -0.39 is 11.6 Å². The zero-order valence-corrected chi connectivity index (χ0v) is 23.5. The molecule has 3 N–H and O–H groups in total. The van der Waals surface area contributed by atoms with Gasteiger partial charge >= 0.3 is 5.97 Å². The molecule has 0 atom stereocenters. The molecule has 2 aromatic rings. The molecule has 0 spiro atoms. The average Bonchev–Trinajstić information content (AvgIpc) is 3.57. The van der Waals surface area contributed by atoms with Crippen LogP contribution in [0.25, 0.3) is 11.1 Å². The molecule has 1 aromatic carbocycles. The topological polar surface area (TPSA) is 91.6 Å². The van der Waals surface area contributed by atoms with Gasteiger partial charge in [0.1, 0.15) is 5.69 Å². The standard InChI is InChI=1S/C32H44N2O4/c1-31(2,38)23-14-21(15-24(18-23)32(3)11-12-32)26-19-28(29(35)33-25-16-22(17-25)30(36)37)34(4)27(26)13-20-9-7-5-6-8-10-20/h14-15,18-20,22,25,38H,5-13,16-17H2,1-4H3,(H,33,35)(H,36,37). The van der Waals surface area contributed by atoms with Crippen molar-refractivity contribution in [1.82, 2.24) is 9.88 Å². The summed E-state index contributed by atoms with van der Waals surface area (Å²) in [5, 5.41) is 23.3. The summed E-state index contributed by atoms with van der Waals surface area (Å²) >= 11 is 0. The number of carbonyl (C=O) groups excluding carboxylic acids is 1. The molecule has 3 aliphatic rings. The van der Waals surface area contributed by atoms with E-state index in [2.05, 4.69) is 35.0 Å². The number of amides is 1. The summed E-state index contributed by atoms with van der Waals surface area (Å²) in [7, 11) is 1.99. The van der Waals surface area contributed by atoms with E-state index in [1.807, 2.05) is 27.0 Å². The Bertz CT molecular complexity index is 1180. The van der Waals surface area contributed by atoms with Gasteiger partial charge in [-0.05, 0) is 86.1 Å². The molecule has 0 radical (unpaired) electrons. The second-order valence-corrected chi connectivity index (χ2v) is 13.1. The van der Waals surface area contributed by atoms with Gasteiger partial charge < -0.3 is 20.1 Å². The quantitative estimate of drug-likeness (QED) is 0.368. The second-order valence-electron chi connectivity index (χ2n) is 13.1. The monoisotopic (exact) mass is 520 g/mol. The molecule has 1 aromatic heterocycles. The van der Waals surface area contributed by atoms with Crippen molar-refractivity contribution in [3.63, 3.8) is 0 Å². The van der Waals surface area contributed by atoms with Crippen molar-refractivity contribution in [3.05, 3.63) is 46.8 Å². The van der Waals surface area contributed by atoms with E-state index in [1.54, 1.807) is 0 Å². The number of hydrogen-bond acceptors (Lipinski definition) is 3. The molecule has 0 saturated heterocycles. The van der Waals surface area contributed by atoms with Crippen LogP contribution in [0.2, 0.25) is 0 Å². The van der Waals surface area contributed by atoms with Gasteiger partial charge in [0.15, 0.2) is 0 Å². The van der Waals surface area contributed by atoms with Crippen LogP contribution < -0.4 is 5.32 Å². The van der Waals surface area contributed by atoms with Crippen LogP contribution in [-0.4, -0.2) is 32.7 Å². The Morgan fingerprint density at radius 2 is 1.71 bits per heavy atom. The van der Waals surface area contributed by atoms with Gasteiger partial charge in [0, 0.05) is 24.3 Å². The number of aliphatic hydroxyl groups is 1. The lowest BCUT2D eigenvalue weighted by Gasteiger charge is -2.32. The van der Waals surface area contributed by atoms with Gasteiger partial charge in [0.25, 0.3) is 5.91 Å². The minimum absolute atomic E-state index is 0.0906. The number of rotatable bonds is 8. The lowest BCUT2D eigenvalue weighted by Crippen LogP contribution is -2.47. The molecule has 6 nitrogen and oxygen atoms in total. The predicted octanol–water partition coefficient (Wildman–Crippen LogP) is 6.08. The minimum Gasteiger partial charge on any atom is -0.481 e. The molecule has 1 heterocycles. The zero-order chi connectivity index (χ0) is 27.2. The molecule has 0 aliphatic heterocycles. The number of aromatic nitrogens is 1. The van der Waals surface area contributed by atoms with Crippen molar-refractivity contribution in [1.29, 1.82) is 0 Å². The molecule has 3 fully saturated rings. The molecular formula is C32H44N2O4. The van der Waals surface area contributed by atoms with E-state index >= 15 is 0 Å². The van der Waals surface area contributed by atoms with Crippen molar-refractivity contribution in [3.8, 4) is 11.1 Å². The predicted molar refractivity (Wildman–Crippen MR) is 149 cm³/mol. The van der Waals surface area contributed by atoms with Crippen molar-refractivity contribution < 1.29 is 19.8 Å². The molecular weight excluding hydrogens is 476 g/mol. The highest BCUT2D eigenvalue weighted by Crippen LogP contribution is 2.49. The summed E-state index contributed by atoms with van der Waals surface area (Å²) in [4.78, 5) is 24.7. The van der Waals surface area contributed by atoms with Crippen LogP contribution in [0.15, 0.2) is 24.3 Å². The van der Waals surface area contributed by atoms with E-state index in [-0.39, 0.29) is 23.3 Å². The maximum Gasteiger partial charge on any atom is 0.306 e. The number of aliphatic carboxylic acids is 1. The number of hydrogen-bond donors (Lipinski definition) is 3. The molecule has 5 rings (SSSR count). The highest BCUT2D eigenvalue weighted by Gasteiger charge is 2.40. The van der Waals surface area contributed by atoms with E-state index in [0.29, 0.717) is 24.5 Å². The van der Waals surface area contributed by atoms with Crippen LogP contribution in [0.3, 0.4) is 0 Å². The first-order valence-corrected chi connectivity index (χ1v) is 14.6. The number of carboxylic acid groups (broad SMARTS) is 1. The van der Waals surface area contributed by atoms with Gasteiger partial charge in [0.2, 0.25) is 0 Å². The Morgan fingerprint density at radius 1 is 1.05 bits per heavy atom. The first kappa shape index (κ1) is 27.0. The molecule has 0 unspecified atom stereocenters. The van der Waals surface area contributed by atoms with E-state index in [4.69, 9.17) is 0 Å². The second kappa shape index (κ2) is 10.2. The summed E-state index contributed by atoms with van der Waals surface area (Å²) in [6.45, 7) is 5.97. The SMILES string of the molecule is Cn1c(C(=O)NC2CC(C(=O)O)C2)cc(-c2cc(C(C)(C)O)cc(C3(C)CC3)c2)c1CC1CCCCCC1. The summed E-state index contributed by atoms with van der Waals surface area (Å²) in [5.41, 5.74) is 5.30. The fraction of sp³-hybridized carbons (Fsp3) is 0.625. The fourth-order valence-corrected chi connectivity index (χ4v) is 6.36. The van der Waals surface area contributed by atoms with Gasteiger partial charge in [-0.1, -0.05) is 57.6 Å². The third-order valence-electron chi connectivity index (χ3n) is 9.52. The van der Waals surface area contributed by atoms with E-state index in [9.17, 15) is 19.8 Å². The van der Waals surface area contributed by atoms with Gasteiger partial charge in [-0.25, -0.2) is 0 Å². The number of carboxylic acids is 1. The van der Waals surface area contributed by atoms with Gasteiger partial charge in [-0.2, -0.15) is 0 Å². The summed E-state index contributed by atoms with van der Waals surface area (Å²) in [6, 6.07) is 8.48. The Labute approximate surface area is 226 Å². The maximum absolute atomic E-state index is 13.4. The molecule has 3 aliphatic carbocycles. The number of nitrogens with zero attached hydrogens (tertiary/aromatic N) is 1. The molecule has 206 valence electrons. The molecule has 38 heavy (non-hydrogen) atoms. The van der Waals surface area contributed by atoms with Crippen molar-refractivity contribution >= 4 is 11.9 Å². The van der Waals surface area contributed by atoms with Gasteiger partial charge in [0.05, 0.1) is 11.5 Å². The third kappa shape index (κ3) is 5.56. The molecule has 0 bridgehead atoms. The van der Waals surface area contributed by atoms with Crippen LogP contribution in [-0.2, 0) is 29.3 Å². The minimum atomic E-state index is -0.961. The van der Waals surface area contributed by atoms with E-state index in [1.165, 1.54) is 49.8 Å². The van der Waals surface area contributed by atoms with Crippen molar-refractivity contribution in [2.75, 3.05) is 0 Å². The third-order valence-corrected chi connectivity index (χ3v) is 9.52. The first-order chi connectivity index (χ1) is 17.9. The summed E-state index contributed by atoms with van der Waals surface area (Å²) < 4.78 is 2.07. The van der Waals surface area contributed by atoms with Crippen molar-refractivity contribution in [2.45, 2.75) is 108 Å². The normalized spacial score (nSPS) is 23.4. The number of carbonyl (C=O) groups is 2. The van der Waals surface area contributed by atoms with E-state index in [0.717, 1.165) is 36.0 Å². The van der Waals surface area contributed by atoms with Crippen molar-refractivity contribution in [2.24, 2.45) is 18.9 Å². The summed E-state index contributed by atoms with van der Waals surface area (Å²) in [5.74, 6) is -0.680. The Morgan fingerprint density at radius 3 is 2.29 bits per heavy atom. The average molecular weight is 521 g/mol. The molecule has 6 heteroatoms. The zero-order valence-electron chi connectivity index (χ0n) is 23.5. The smallest absolute Gasteiger partial charge is 0.306 e. The summed E-state index contributed by atoms with van der Waals surface area (Å²) in [6.07, 6.45) is 11.8. The number of nitrogens with one attached hydrogen (secondary N) is 1. The molecule has 3 saturated carbocycles. The maximum atomic E-state index is 13.4. The largest absolute Gasteiger partial charge is 0.481 e. The number of benzene rings is 1. The van der Waals surface area contributed by atoms with Crippen LogP contribution in [0.4, 0.5) is 0 Å². The van der Waals surface area contributed by atoms with Crippen LogP contribution in [0, 0.1) is 11.8 Å². The lowest BCUT2D eigenvalue weighted by atomic mass is 9.80. The lowest BCUT2D eigenvalue weighted by molar-refractivity contribution is -0.145. The van der Waals surface area contributed by atoms with Gasteiger partial charge in [-0.3, -0.25) is 9.59 Å². The highest BCUT2D eigenvalue weighted by molar-refractivity contribution is 5.95. The van der Waals surface area contributed by atoms with Gasteiger partial charge in [-0.15, -0.1) is 0 Å². The Kier molecular flexibility index (Phi) is 7.23.